The third-order valence-corrected chi connectivity index (χ3v) is 7.10. The summed E-state index contributed by atoms with van der Waals surface area (Å²) in [5, 5.41) is 0. The van der Waals surface area contributed by atoms with Gasteiger partial charge in [-0.15, -0.1) is 0 Å². The van der Waals surface area contributed by atoms with Crippen LogP contribution < -0.4 is 9.46 Å². The number of para-hydroxylation sites is 1. The Kier molecular flexibility index (Phi) is 7.81. The summed E-state index contributed by atoms with van der Waals surface area (Å²) in [7, 11) is -7.01. The monoisotopic (exact) mass is 591 g/mol. The fourth-order valence-corrected chi connectivity index (χ4v) is 4.85. The van der Waals surface area contributed by atoms with Crippen molar-refractivity contribution in [2.75, 3.05) is 11.0 Å². The quantitative estimate of drug-likeness (QED) is 0.311. The van der Waals surface area contributed by atoms with E-state index in [4.69, 9.17) is 4.74 Å². The van der Waals surface area contributed by atoms with Crippen LogP contribution in [0.5, 0.6) is 11.5 Å². The fourth-order valence-electron chi connectivity index (χ4n) is 3.05. The van der Waals surface area contributed by atoms with Crippen LogP contribution in [-0.2, 0) is 39.4 Å². The van der Waals surface area contributed by atoms with Crippen molar-refractivity contribution in [1.82, 2.24) is 0 Å². The number of anilines is 1. The predicted octanol–water partition coefficient (Wildman–Crippen LogP) is 7.07. The van der Waals surface area contributed by atoms with E-state index in [1.165, 1.54) is 30.5 Å². The molecule has 0 saturated carbocycles. The van der Waals surface area contributed by atoms with Crippen molar-refractivity contribution in [1.29, 1.82) is 0 Å². The topological polar surface area (TPSA) is 72.5 Å². The van der Waals surface area contributed by atoms with Gasteiger partial charge in [0.2, 0.25) is 0 Å². The van der Waals surface area contributed by atoms with Crippen LogP contribution in [0, 0.1) is 0 Å². The third-order valence-electron chi connectivity index (χ3n) is 4.80. The van der Waals surface area contributed by atoms with E-state index < -0.39 is 72.4 Å². The first kappa shape index (κ1) is 29.3. The molecule has 0 spiro atoms. The van der Waals surface area contributed by atoms with Gasteiger partial charge in [0.1, 0.15) is 5.75 Å². The first-order valence-corrected chi connectivity index (χ1v) is 13.0. The molecule has 0 bridgehead atoms. The zero-order chi connectivity index (χ0) is 28.7. The molecule has 5 nitrogen and oxygen atoms in total. The van der Waals surface area contributed by atoms with Crippen molar-refractivity contribution in [3.63, 3.8) is 0 Å². The van der Waals surface area contributed by atoms with Crippen molar-refractivity contribution < 1.29 is 56.9 Å². The van der Waals surface area contributed by atoms with E-state index in [1.807, 2.05) is 0 Å². The molecular weight excluding hydrogens is 577 g/mol. The molecule has 3 rings (SSSR count). The van der Waals surface area contributed by atoms with Crippen LogP contribution in [0.2, 0.25) is 0 Å². The minimum absolute atomic E-state index is 0.0638. The number of sulfonamides is 1. The van der Waals surface area contributed by atoms with E-state index in [1.54, 1.807) is 4.72 Å². The number of rotatable bonds is 6. The van der Waals surface area contributed by atoms with Gasteiger partial charge >= 0.3 is 18.5 Å². The Bertz CT molecular complexity index is 1450. The number of alkyl halides is 9. The standard InChI is InChI=1S/C22H14F9NO4S2/c1-37(33)19-5-3-2-4-18(19)36-17-7-6-12(20(23,24)25)11-16(17)32-38(34,35)15-9-13(21(26,27)28)8-14(10-15)22(29,30)31/h2-11,32H,1H3. The van der Waals surface area contributed by atoms with E-state index in [9.17, 15) is 52.1 Å². The summed E-state index contributed by atoms with van der Waals surface area (Å²) in [6, 6.07) is 6.41. The van der Waals surface area contributed by atoms with Crippen LogP contribution in [0.25, 0.3) is 0 Å². The van der Waals surface area contributed by atoms with Gasteiger partial charge in [-0.2, -0.15) is 39.5 Å². The summed E-state index contributed by atoms with van der Waals surface area (Å²) in [5.74, 6) is -0.769. The molecule has 0 aliphatic carbocycles. The Morgan fingerprint density at radius 3 is 1.74 bits per heavy atom. The molecule has 3 aromatic rings. The average Bonchev–Trinajstić information content (AvgIpc) is 2.78. The molecule has 38 heavy (non-hydrogen) atoms. The summed E-state index contributed by atoms with van der Waals surface area (Å²) in [5.41, 5.74) is -6.27. The highest BCUT2D eigenvalue weighted by Gasteiger charge is 2.39. The summed E-state index contributed by atoms with van der Waals surface area (Å²) < 4.78 is 164. The minimum Gasteiger partial charge on any atom is -0.454 e. The van der Waals surface area contributed by atoms with E-state index >= 15 is 0 Å². The molecule has 0 aromatic heterocycles. The molecule has 3 aromatic carbocycles. The van der Waals surface area contributed by atoms with Gasteiger partial charge in [-0.1, -0.05) is 12.1 Å². The second-order valence-corrected chi connectivity index (χ2v) is 10.6. The smallest absolute Gasteiger partial charge is 0.416 e. The summed E-state index contributed by atoms with van der Waals surface area (Å²) in [4.78, 5) is -1.45. The lowest BCUT2D eigenvalue weighted by Gasteiger charge is -2.18. The second-order valence-electron chi connectivity index (χ2n) is 7.56. The van der Waals surface area contributed by atoms with Gasteiger partial charge in [-0.05, 0) is 48.5 Å². The Balaban J connectivity index is 2.17. The predicted molar refractivity (Wildman–Crippen MR) is 118 cm³/mol. The van der Waals surface area contributed by atoms with E-state index in [0.717, 1.165) is 0 Å². The summed E-state index contributed by atoms with van der Waals surface area (Å²) in [6.45, 7) is 0. The maximum Gasteiger partial charge on any atom is 0.416 e. The molecule has 16 heteroatoms. The molecule has 206 valence electrons. The highest BCUT2D eigenvalue weighted by Crippen LogP contribution is 2.41. The largest absolute Gasteiger partial charge is 0.454 e. The zero-order valence-corrected chi connectivity index (χ0v) is 20.3. The highest BCUT2D eigenvalue weighted by atomic mass is 32.2. The molecule has 1 unspecified atom stereocenters. The lowest BCUT2D eigenvalue weighted by molar-refractivity contribution is -0.143. The Morgan fingerprint density at radius 2 is 1.24 bits per heavy atom. The number of ether oxygens (including phenoxy) is 1. The zero-order valence-electron chi connectivity index (χ0n) is 18.6. The molecule has 0 saturated heterocycles. The van der Waals surface area contributed by atoms with E-state index in [-0.39, 0.29) is 34.9 Å². The van der Waals surface area contributed by atoms with E-state index in [2.05, 4.69) is 0 Å². The van der Waals surface area contributed by atoms with Crippen molar-refractivity contribution >= 4 is 26.5 Å². The SMILES string of the molecule is CS(=O)c1ccccc1Oc1ccc(C(F)(F)F)cc1NS(=O)(=O)c1cc(C(F)(F)F)cc(C(F)(F)F)c1. The summed E-state index contributed by atoms with van der Waals surface area (Å²) >= 11 is 0. The van der Waals surface area contributed by atoms with Crippen molar-refractivity contribution in [2.24, 2.45) is 0 Å². The number of nitrogens with one attached hydrogen (secondary N) is 1. The molecule has 0 amide bonds. The van der Waals surface area contributed by atoms with Crippen LogP contribution in [0.4, 0.5) is 45.2 Å². The lowest BCUT2D eigenvalue weighted by atomic mass is 10.1. The third kappa shape index (κ3) is 6.78. The molecule has 0 fully saturated rings. The number of benzene rings is 3. The van der Waals surface area contributed by atoms with Crippen molar-refractivity contribution in [2.45, 2.75) is 28.3 Å². The molecule has 0 heterocycles. The molecular formula is C22H14F9NO4S2. The Labute approximate surface area is 211 Å². The van der Waals surface area contributed by atoms with Crippen LogP contribution in [-0.4, -0.2) is 18.9 Å². The lowest BCUT2D eigenvalue weighted by Crippen LogP contribution is -2.18. The maximum absolute atomic E-state index is 13.3. The molecule has 0 radical (unpaired) electrons. The van der Waals surface area contributed by atoms with Crippen LogP contribution >= 0.6 is 0 Å². The van der Waals surface area contributed by atoms with Crippen molar-refractivity contribution in [3.8, 4) is 11.5 Å². The molecule has 0 aliphatic heterocycles. The highest BCUT2D eigenvalue weighted by molar-refractivity contribution is 7.92. The van der Waals surface area contributed by atoms with Gasteiger partial charge < -0.3 is 4.74 Å². The normalized spacial score (nSPS) is 13.7. The number of halogens is 9. The Morgan fingerprint density at radius 1 is 0.711 bits per heavy atom. The molecule has 1 N–H and O–H groups in total. The summed E-state index contributed by atoms with van der Waals surface area (Å²) in [6.07, 6.45) is -14.5. The maximum atomic E-state index is 13.3. The first-order valence-electron chi connectivity index (χ1n) is 9.93. The van der Waals surface area contributed by atoms with Gasteiger partial charge in [0.25, 0.3) is 10.0 Å². The fraction of sp³-hybridized carbons (Fsp3) is 0.182. The first-order chi connectivity index (χ1) is 17.3. The number of hydrogen-bond acceptors (Lipinski definition) is 4. The van der Waals surface area contributed by atoms with Gasteiger partial charge in [-0.3, -0.25) is 8.93 Å². The molecule has 0 aliphatic rings. The molecule has 1 atom stereocenters. The number of hydrogen-bond donors (Lipinski definition) is 1. The average molecular weight is 591 g/mol. The second kappa shape index (κ2) is 10.1. The van der Waals surface area contributed by atoms with Gasteiger partial charge in [-0.25, -0.2) is 8.42 Å². The van der Waals surface area contributed by atoms with Crippen LogP contribution in [0.15, 0.2) is 70.5 Å². The van der Waals surface area contributed by atoms with E-state index in [0.29, 0.717) is 12.1 Å². The van der Waals surface area contributed by atoms with Gasteiger partial charge in [0.15, 0.2) is 5.75 Å². The van der Waals surface area contributed by atoms with Gasteiger partial charge in [0.05, 0.1) is 43.0 Å². The van der Waals surface area contributed by atoms with Gasteiger partial charge in [0, 0.05) is 6.26 Å². The van der Waals surface area contributed by atoms with Crippen molar-refractivity contribution in [3.05, 3.63) is 77.4 Å². The van der Waals surface area contributed by atoms with Crippen LogP contribution in [0.1, 0.15) is 16.7 Å². The van der Waals surface area contributed by atoms with Crippen LogP contribution in [0.3, 0.4) is 0 Å². The Hall–Kier alpha value is -3.27. The minimum atomic E-state index is -5.38.